The van der Waals surface area contributed by atoms with Crippen molar-refractivity contribution in [1.82, 2.24) is 4.90 Å². The van der Waals surface area contributed by atoms with E-state index < -0.39 is 35.9 Å². The molecule has 4 aromatic rings. The second-order valence-electron chi connectivity index (χ2n) is 9.71. The topological polar surface area (TPSA) is 102 Å². The van der Waals surface area contributed by atoms with Gasteiger partial charge in [0.05, 0.1) is 19.1 Å². The van der Waals surface area contributed by atoms with Crippen LogP contribution in [0.4, 0.5) is 10.5 Å². The molecule has 1 aliphatic heterocycles. The van der Waals surface area contributed by atoms with E-state index in [0.29, 0.717) is 22.0 Å². The van der Waals surface area contributed by atoms with E-state index in [1.54, 1.807) is 55.6 Å². The molecule has 3 amide bonds. The molecule has 0 radical (unpaired) electrons. The van der Waals surface area contributed by atoms with Crippen molar-refractivity contribution in [3.63, 3.8) is 0 Å². The number of aryl methyl sites for hydroxylation is 1. The molecule has 1 aromatic heterocycles. The molecule has 2 heterocycles. The molecule has 5 rings (SSSR count). The summed E-state index contributed by atoms with van der Waals surface area (Å²) in [7, 11) is 1.56. The number of anilines is 1. The largest absolute Gasteiger partial charge is 0.497 e. The fourth-order valence-corrected chi connectivity index (χ4v) is 6.61. The van der Waals surface area contributed by atoms with Crippen molar-refractivity contribution in [3.05, 3.63) is 117 Å². The summed E-state index contributed by atoms with van der Waals surface area (Å²) in [4.78, 5) is 43.9. The number of ether oxygens (including phenoxy) is 1. The minimum absolute atomic E-state index is 0.224. The number of urea groups is 1. The van der Waals surface area contributed by atoms with Crippen LogP contribution in [-0.2, 0) is 4.79 Å². The number of carbonyl (C=O) groups excluding carboxylic acids is 3. The molecule has 0 saturated carbocycles. The van der Waals surface area contributed by atoms with Gasteiger partial charge in [0, 0.05) is 27.1 Å². The smallest absolute Gasteiger partial charge is 0.323 e. The van der Waals surface area contributed by atoms with Gasteiger partial charge in [-0.3, -0.25) is 9.59 Å². The van der Waals surface area contributed by atoms with Crippen molar-refractivity contribution in [2.75, 3.05) is 12.4 Å². The van der Waals surface area contributed by atoms with Crippen LogP contribution in [0.15, 0.2) is 90.3 Å². The predicted octanol–water partition coefficient (Wildman–Crippen LogP) is 6.44. The van der Waals surface area contributed by atoms with E-state index in [4.69, 9.17) is 22.1 Å². The van der Waals surface area contributed by atoms with Gasteiger partial charge in [0.2, 0.25) is 5.91 Å². The molecule has 0 aliphatic carbocycles. The molecule has 3 aromatic carbocycles. The molecule has 4 atom stereocenters. The maximum absolute atomic E-state index is 14.4. The first-order valence-corrected chi connectivity index (χ1v) is 14.0. The Balaban J connectivity index is 1.68. The third-order valence-corrected chi connectivity index (χ3v) is 8.41. The molecule has 1 saturated heterocycles. The summed E-state index contributed by atoms with van der Waals surface area (Å²) >= 11 is 7.69. The number of benzene rings is 3. The molecule has 1 fully saturated rings. The zero-order valence-corrected chi connectivity index (χ0v) is 23.5. The summed E-state index contributed by atoms with van der Waals surface area (Å²) in [6, 6.07) is 22.5. The number of rotatable bonds is 7. The molecule has 9 heteroatoms. The Hall–Kier alpha value is -4.14. The van der Waals surface area contributed by atoms with Gasteiger partial charge in [0.25, 0.3) is 0 Å². The SMILES string of the molecule is COc1ccc(NC(=O)N2C(C(N)=O)C(c3cccs3)C(C(=O)c3cccc(Cl)c3)C2c2cccc(C)c2)cc1. The number of primary amides is 1. The van der Waals surface area contributed by atoms with Crippen molar-refractivity contribution in [3.8, 4) is 5.75 Å². The zero-order chi connectivity index (χ0) is 28.4. The monoisotopic (exact) mass is 573 g/mol. The van der Waals surface area contributed by atoms with Crippen LogP contribution in [0.1, 0.15) is 38.3 Å². The molecule has 204 valence electrons. The number of nitrogens with one attached hydrogen (secondary N) is 1. The second kappa shape index (κ2) is 11.5. The summed E-state index contributed by atoms with van der Waals surface area (Å²) in [5, 5.41) is 5.21. The highest BCUT2D eigenvalue weighted by Gasteiger charge is 2.57. The lowest BCUT2D eigenvalue weighted by Crippen LogP contribution is -2.48. The van der Waals surface area contributed by atoms with Gasteiger partial charge >= 0.3 is 6.03 Å². The van der Waals surface area contributed by atoms with Crippen molar-refractivity contribution < 1.29 is 19.1 Å². The molecule has 0 spiro atoms. The fourth-order valence-electron chi connectivity index (χ4n) is 5.52. The third kappa shape index (κ3) is 5.33. The number of ketones is 1. The average molecular weight is 574 g/mol. The number of Topliss-reactive ketones (excluding diaryl/α,β-unsaturated/α-hetero) is 1. The molecule has 1 aliphatic rings. The van der Waals surface area contributed by atoms with Crippen LogP contribution in [0.5, 0.6) is 5.75 Å². The number of likely N-dealkylation sites (tertiary alicyclic amines) is 1. The number of thiophene rings is 1. The number of amides is 3. The maximum atomic E-state index is 14.4. The van der Waals surface area contributed by atoms with Gasteiger partial charge in [0.15, 0.2) is 5.78 Å². The third-order valence-electron chi connectivity index (χ3n) is 7.20. The van der Waals surface area contributed by atoms with E-state index in [-0.39, 0.29) is 5.78 Å². The van der Waals surface area contributed by atoms with Crippen molar-refractivity contribution in [2.45, 2.75) is 24.9 Å². The highest BCUT2D eigenvalue weighted by molar-refractivity contribution is 7.10. The summed E-state index contributed by atoms with van der Waals surface area (Å²) in [5.41, 5.74) is 8.64. The van der Waals surface area contributed by atoms with E-state index in [1.807, 2.05) is 48.7 Å². The van der Waals surface area contributed by atoms with Gasteiger partial charge in [0.1, 0.15) is 11.8 Å². The van der Waals surface area contributed by atoms with E-state index >= 15 is 0 Å². The van der Waals surface area contributed by atoms with Crippen molar-refractivity contribution in [2.24, 2.45) is 11.7 Å². The molecule has 7 nitrogen and oxygen atoms in total. The van der Waals surface area contributed by atoms with Crippen LogP contribution >= 0.6 is 22.9 Å². The van der Waals surface area contributed by atoms with Gasteiger partial charge in [-0.1, -0.05) is 59.6 Å². The number of carbonyl (C=O) groups is 3. The quantitative estimate of drug-likeness (QED) is 0.248. The number of halogens is 1. The molecule has 3 N–H and O–H groups in total. The Morgan fingerprint density at radius 2 is 1.73 bits per heavy atom. The van der Waals surface area contributed by atoms with Gasteiger partial charge in [-0.2, -0.15) is 0 Å². The Labute approximate surface area is 241 Å². The Bertz CT molecular complexity index is 1540. The maximum Gasteiger partial charge on any atom is 0.323 e. The molecular formula is C31H28ClN3O4S. The van der Waals surface area contributed by atoms with Crippen LogP contribution in [0.3, 0.4) is 0 Å². The highest BCUT2D eigenvalue weighted by Crippen LogP contribution is 2.52. The minimum Gasteiger partial charge on any atom is -0.497 e. The summed E-state index contributed by atoms with van der Waals surface area (Å²) in [6.07, 6.45) is 0. The molecule has 0 bridgehead atoms. The average Bonchev–Trinajstić information content (AvgIpc) is 3.59. The summed E-state index contributed by atoms with van der Waals surface area (Å²) in [6.45, 7) is 1.94. The van der Waals surface area contributed by atoms with Gasteiger partial charge in [-0.15, -0.1) is 11.3 Å². The van der Waals surface area contributed by atoms with E-state index in [1.165, 1.54) is 16.2 Å². The van der Waals surface area contributed by atoms with Crippen LogP contribution in [0.2, 0.25) is 5.02 Å². The number of hydrogen-bond acceptors (Lipinski definition) is 5. The van der Waals surface area contributed by atoms with E-state index in [0.717, 1.165) is 16.0 Å². The second-order valence-corrected chi connectivity index (χ2v) is 11.1. The highest BCUT2D eigenvalue weighted by atomic mass is 35.5. The van der Waals surface area contributed by atoms with Crippen molar-refractivity contribution >= 4 is 46.3 Å². The first-order chi connectivity index (χ1) is 19.3. The van der Waals surface area contributed by atoms with Crippen LogP contribution < -0.4 is 15.8 Å². The standard InChI is InChI=1S/C31H28ClN3O4S/c1-18-6-3-7-19(16-18)27-26(29(36)20-8-4-9-21(32)17-20)25(24-10-5-15-40-24)28(30(33)37)35(27)31(38)34-22-11-13-23(39-2)14-12-22/h3-17,25-28H,1-2H3,(H2,33,37)(H,34,38). The van der Waals surface area contributed by atoms with Gasteiger partial charge in [-0.05, 0) is 60.3 Å². The molecule has 4 unspecified atom stereocenters. The minimum atomic E-state index is -1.09. The first-order valence-electron chi connectivity index (χ1n) is 12.7. The Morgan fingerprint density at radius 3 is 2.35 bits per heavy atom. The Kier molecular flexibility index (Phi) is 7.91. The molecule has 40 heavy (non-hydrogen) atoms. The van der Waals surface area contributed by atoms with Crippen LogP contribution in [-0.4, -0.2) is 35.8 Å². The first kappa shape index (κ1) is 27.4. The number of hydrogen-bond donors (Lipinski definition) is 2. The predicted molar refractivity (Wildman–Crippen MR) is 157 cm³/mol. The van der Waals surface area contributed by atoms with E-state index in [9.17, 15) is 14.4 Å². The fraction of sp³-hybridized carbons (Fsp3) is 0.194. The van der Waals surface area contributed by atoms with Gasteiger partial charge < -0.3 is 20.7 Å². The zero-order valence-electron chi connectivity index (χ0n) is 21.9. The Morgan fingerprint density at radius 1 is 0.975 bits per heavy atom. The lowest BCUT2D eigenvalue weighted by molar-refractivity contribution is -0.122. The van der Waals surface area contributed by atoms with Crippen molar-refractivity contribution in [1.29, 1.82) is 0 Å². The van der Waals surface area contributed by atoms with Gasteiger partial charge in [-0.25, -0.2) is 4.79 Å². The van der Waals surface area contributed by atoms with Crippen LogP contribution in [0, 0.1) is 12.8 Å². The summed E-state index contributed by atoms with van der Waals surface area (Å²) < 4.78 is 5.22. The van der Waals surface area contributed by atoms with Crippen LogP contribution in [0.25, 0.3) is 0 Å². The number of nitrogens with zero attached hydrogens (tertiary/aromatic N) is 1. The normalized spacial score (nSPS) is 20.2. The summed E-state index contributed by atoms with van der Waals surface area (Å²) in [5.74, 6) is -1.76. The van der Waals surface area contributed by atoms with E-state index in [2.05, 4.69) is 5.32 Å². The number of nitrogens with two attached hydrogens (primary N) is 1. The number of methoxy groups -OCH3 is 1. The molecular weight excluding hydrogens is 546 g/mol. The lowest BCUT2D eigenvalue weighted by Gasteiger charge is -2.31. The lowest BCUT2D eigenvalue weighted by atomic mass is 9.78.